The van der Waals surface area contributed by atoms with E-state index in [1.165, 1.54) is 43.4 Å². The third-order valence-electron chi connectivity index (χ3n) is 5.11. The lowest BCUT2D eigenvalue weighted by atomic mass is 9.89. The van der Waals surface area contributed by atoms with E-state index in [-0.39, 0.29) is 0 Å². The second-order valence-corrected chi connectivity index (χ2v) is 6.19. The number of benzene rings is 1. The Morgan fingerprint density at radius 1 is 1.11 bits per heavy atom. The molecular weight excluding hydrogens is 218 g/mol. The minimum Gasteiger partial charge on any atom is -0.312 e. The fourth-order valence-corrected chi connectivity index (χ4v) is 4.09. The molecule has 0 spiro atoms. The molecule has 1 heteroatoms. The number of hydrogen-bond donors (Lipinski definition) is 1. The van der Waals surface area contributed by atoms with E-state index in [4.69, 9.17) is 0 Å². The minimum absolute atomic E-state index is 0.970. The van der Waals surface area contributed by atoms with Crippen molar-refractivity contribution < 1.29 is 0 Å². The van der Waals surface area contributed by atoms with Crippen LogP contribution in [0.3, 0.4) is 0 Å². The average molecular weight is 243 g/mol. The Kier molecular flexibility index (Phi) is 3.69. The van der Waals surface area contributed by atoms with Crippen molar-refractivity contribution in [3.8, 4) is 0 Å². The first-order valence-electron chi connectivity index (χ1n) is 7.64. The Hall–Kier alpha value is -0.820. The highest BCUT2D eigenvalue weighted by molar-refractivity contribution is 5.26. The van der Waals surface area contributed by atoms with Gasteiger partial charge in [0.1, 0.15) is 0 Å². The topological polar surface area (TPSA) is 12.0 Å². The first kappa shape index (κ1) is 12.2. The molecule has 0 aliphatic heterocycles. The molecule has 0 radical (unpaired) electrons. The first-order chi connectivity index (χ1) is 8.86. The maximum atomic E-state index is 3.70. The number of aryl methyl sites for hydroxylation is 1. The van der Waals surface area contributed by atoms with Gasteiger partial charge in [-0.1, -0.05) is 37.6 Å². The molecule has 2 bridgehead atoms. The van der Waals surface area contributed by atoms with Crippen LogP contribution in [-0.2, 0) is 13.0 Å². The summed E-state index contributed by atoms with van der Waals surface area (Å²) in [5.74, 6) is 3.09. The molecule has 2 aliphatic rings. The molecule has 3 atom stereocenters. The van der Waals surface area contributed by atoms with E-state index >= 15 is 0 Å². The van der Waals surface area contributed by atoms with Crippen molar-refractivity contribution in [3.05, 3.63) is 35.4 Å². The van der Waals surface area contributed by atoms with Crippen LogP contribution in [0, 0.1) is 17.8 Å². The summed E-state index contributed by atoms with van der Waals surface area (Å²) in [6, 6.07) is 8.84. The van der Waals surface area contributed by atoms with Gasteiger partial charge in [-0.2, -0.15) is 0 Å². The molecule has 1 aromatic rings. The molecule has 0 saturated heterocycles. The first-order valence-corrected chi connectivity index (χ1v) is 7.64. The molecule has 0 heterocycles. The lowest BCUT2D eigenvalue weighted by Gasteiger charge is -2.22. The fourth-order valence-electron chi connectivity index (χ4n) is 4.09. The third-order valence-corrected chi connectivity index (χ3v) is 5.11. The largest absolute Gasteiger partial charge is 0.312 e. The van der Waals surface area contributed by atoms with Crippen molar-refractivity contribution in [2.75, 3.05) is 6.54 Å². The Morgan fingerprint density at radius 2 is 1.94 bits per heavy atom. The van der Waals surface area contributed by atoms with Gasteiger partial charge in [0.25, 0.3) is 0 Å². The molecule has 3 unspecified atom stereocenters. The number of hydrogen-bond acceptors (Lipinski definition) is 1. The van der Waals surface area contributed by atoms with Gasteiger partial charge in [0.15, 0.2) is 0 Å². The molecular formula is C17H25N. The molecule has 98 valence electrons. The zero-order valence-corrected chi connectivity index (χ0v) is 11.5. The van der Waals surface area contributed by atoms with Crippen LogP contribution in [0.2, 0.25) is 0 Å². The maximum absolute atomic E-state index is 3.70. The van der Waals surface area contributed by atoms with E-state index < -0.39 is 0 Å². The van der Waals surface area contributed by atoms with Crippen molar-refractivity contribution >= 4 is 0 Å². The molecule has 1 aromatic carbocycles. The average Bonchev–Trinajstić information content (AvgIpc) is 3.02. The van der Waals surface area contributed by atoms with Gasteiger partial charge in [0.05, 0.1) is 0 Å². The highest BCUT2D eigenvalue weighted by atomic mass is 14.9. The van der Waals surface area contributed by atoms with Crippen LogP contribution < -0.4 is 5.32 Å². The fraction of sp³-hybridized carbons (Fsp3) is 0.647. The summed E-state index contributed by atoms with van der Waals surface area (Å²) in [6.45, 7) is 4.53. The van der Waals surface area contributed by atoms with E-state index in [1.807, 2.05) is 0 Å². The molecule has 2 aliphatic carbocycles. The molecule has 0 amide bonds. The summed E-state index contributed by atoms with van der Waals surface area (Å²) < 4.78 is 0. The molecule has 1 nitrogen and oxygen atoms in total. The quantitative estimate of drug-likeness (QED) is 0.830. The van der Waals surface area contributed by atoms with Crippen molar-refractivity contribution in [1.82, 2.24) is 5.32 Å². The SMILES string of the molecule is CCc1ccccc1CNCC1CC2CCC1C2. The van der Waals surface area contributed by atoms with Crippen LogP contribution in [0.1, 0.15) is 43.7 Å². The predicted octanol–water partition coefficient (Wildman–Crippen LogP) is 3.77. The second-order valence-electron chi connectivity index (χ2n) is 6.19. The Labute approximate surface area is 111 Å². The summed E-state index contributed by atoms with van der Waals surface area (Å²) in [7, 11) is 0. The Morgan fingerprint density at radius 3 is 2.61 bits per heavy atom. The lowest BCUT2D eigenvalue weighted by Crippen LogP contribution is -2.26. The Bertz CT molecular complexity index is 398. The van der Waals surface area contributed by atoms with E-state index in [0.717, 1.165) is 30.7 Å². The standard InChI is InChI=1S/C17H25N/c1-2-14-5-3-4-6-16(14)11-18-12-17-10-13-7-8-15(17)9-13/h3-6,13,15,17-18H,2,7-12H2,1H3. The van der Waals surface area contributed by atoms with Gasteiger partial charge in [0.2, 0.25) is 0 Å². The van der Waals surface area contributed by atoms with Crippen LogP contribution in [0.4, 0.5) is 0 Å². The molecule has 0 aromatic heterocycles. The highest BCUT2D eigenvalue weighted by Gasteiger charge is 2.38. The summed E-state index contributed by atoms with van der Waals surface area (Å²) in [5.41, 5.74) is 2.99. The van der Waals surface area contributed by atoms with Gasteiger partial charge in [-0.05, 0) is 61.1 Å². The molecule has 2 fully saturated rings. The van der Waals surface area contributed by atoms with Crippen molar-refractivity contribution in [2.24, 2.45) is 17.8 Å². The van der Waals surface area contributed by atoms with Gasteiger partial charge in [-0.15, -0.1) is 0 Å². The zero-order chi connectivity index (χ0) is 12.4. The smallest absolute Gasteiger partial charge is 0.0208 e. The molecule has 18 heavy (non-hydrogen) atoms. The monoisotopic (exact) mass is 243 g/mol. The van der Waals surface area contributed by atoms with E-state index in [1.54, 1.807) is 0 Å². The molecule has 2 saturated carbocycles. The molecule has 3 rings (SSSR count). The number of rotatable bonds is 5. The molecule has 1 N–H and O–H groups in total. The van der Waals surface area contributed by atoms with Gasteiger partial charge in [0, 0.05) is 6.54 Å². The zero-order valence-electron chi connectivity index (χ0n) is 11.5. The summed E-state index contributed by atoms with van der Waals surface area (Å²) >= 11 is 0. The summed E-state index contributed by atoms with van der Waals surface area (Å²) in [5, 5.41) is 3.70. The van der Waals surface area contributed by atoms with E-state index in [9.17, 15) is 0 Å². The van der Waals surface area contributed by atoms with Crippen LogP contribution in [0.25, 0.3) is 0 Å². The van der Waals surface area contributed by atoms with Crippen molar-refractivity contribution in [1.29, 1.82) is 0 Å². The third kappa shape index (κ3) is 2.47. The minimum atomic E-state index is 0.970. The highest BCUT2D eigenvalue weighted by Crippen LogP contribution is 2.47. The van der Waals surface area contributed by atoms with Crippen LogP contribution in [0.5, 0.6) is 0 Å². The Balaban J connectivity index is 1.50. The van der Waals surface area contributed by atoms with Crippen molar-refractivity contribution in [3.63, 3.8) is 0 Å². The summed E-state index contributed by atoms with van der Waals surface area (Å²) in [4.78, 5) is 0. The normalized spacial score (nSPS) is 29.9. The van der Waals surface area contributed by atoms with Crippen LogP contribution in [0.15, 0.2) is 24.3 Å². The van der Waals surface area contributed by atoms with E-state index in [0.29, 0.717) is 0 Å². The summed E-state index contributed by atoms with van der Waals surface area (Å²) in [6.07, 6.45) is 7.18. The van der Waals surface area contributed by atoms with Gasteiger partial charge in [-0.25, -0.2) is 0 Å². The lowest BCUT2D eigenvalue weighted by molar-refractivity contribution is 0.318. The van der Waals surface area contributed by atoms with Crippen LogP contribution in [-0.4, -0.2) is 6.54 Å². The number of nitrogens with one attached hydrogen (secondary N) is 1. The van der Waals surface area contributed by atoms with E-state index in [2.05, 4.69) is 36.5 Å². The predicted molar refractivity (Wildman–Crippen MR) is 76.5 cm³/mol. The van der Waals surface area contributed by atoms with Crippen LogP contribution >= 0.6 is 0 Å². The maximum Gasteiger partial charge on any atom is 0.0208 e. The van der Waals surface area contributed by atoms with Gasteiger partial charge >= 0.3 is 0 Å². The van der Waals surface area contributed by atoms with Gasteiger partial charge < -0.3 is 5.32 Å². The number of fused-ring (bicyclic) bond motifs is 2. The second kappa shape index (κ2) is 5.44. The van der Waals surface area contributed by atoms with Crippen molar-refractivity contribution in [2.45, 2.75) is 45.6 Å². The van der Waals surface area contributed by atoms with Gasteiger partial charge in [-0.3, -0.25) is 0 Å².